The van der Waals surface area contributed by atoms with E-state index < -0.39 is 0 Å². The van der Waals surface area contributed by atoms with E-state index in [1.807, 2.05) is 48.1 Å². The highest BCUT2D eigenvalue weighted by Gasteiger charge is 2.15. The number of amides is 1. The van der Waals surface area contributed by atoms with Crippen LogP contribution >= 0.6 is 0 Å². The van der Waals surface area contributed by atoms with Crippen LogP contribution in [0.1, 0.15) is 17.3 Å². The molecule has 3 heterocycles. The molecule has 0 atom stereocenters. The monoisotopic (exact) mass is 343 g/mol. The largest absolute Gasteiger partial charge is 0.322 e. The van der Waals surface area contributed by atoms with Crippen LogP contribution in [0.4, 0.5) is 5.69 Å². The molecule has 0 saturated heterocycles. The number of fused-ring (bicyclic) bond motifs is 1. The molecular weight excluding hydrogens is 326 g/mol. The lowest BCUT2D eigenvalue weighted by molar-refractivity contribution is 0.102. The predicted molar refractivity (Wildman–Crippen MR) is 101 cm³/mol. The van der Waals surface area contributed by atoms with Gasteiger partial charge in [-0.15, -0.1) is 0 Å². The molecule has 4 rings (SSSR count). The first-order valence-corrected chi connectivity index (χ1v) is 8.38. The minimum absolute atomic E-state index is 0.182. The quantitative estimate of drug-likeness (QED) is 0.612. The number of anilines is 1. The Morgan fingerprint density at radius 3 is 2.73 bits per heavy atom. The maximum Gasteiger partial charge on any atom is 0.256 e. The molecule has 4 aromatic rings. The molecule has 0 aliphatic heterocycles. The third-order valence-electron chi connectivity index (χ3n) is 4.15. The van der Waals surface area contributed by atoms with Crippen LogP contribution in [0.3, 0.4) is 0 Å². The molecule has 0 aliphatic carbocycles. The molecule has 1 aromatic carbocycles. The Labute approximate surface area is 150 Å². The number of nitrogens with one attached hydrogen (secondary N) is 1. The summed E-state index contributed by atoms with van der Waals surface area (Å²) in [4.78, 5) is 21.6. The van der Waals surface area contributed by atoms with Gasteiger partial charge in [0.25, 0.3) is 5.91 Å². The van der Waals surface area contributed by atoms with Gasteiger partial charge in [-0.25, -0.2) is 4.98 Å². The van der Waals surface area contributed by atoms with Crippen LogP contribution in [-0.4, -0.2) is 25.7 Å². The lowest BCUT2D eigenvalue weighted by Crippen LogP contribution is -2.13. The number of carbonyl (C=O) groups excluding carboxylic acids is 1. The molecule has 0 saturated carbocycles. The summed E-state index contributed by atoms with van der Waals surface area (Å²) < 4.78 is 1.84. The number of aromatic nitrogens is 4. The third kappa shape index (κ3) is 3.04. The van der Waals surface area contributed by atoms with Crippen molar-refractivity contribution in [1.82, 2.24) is 19.7 Å². The molecule has 128 valence electrons. The van der Waals surface area contributed by atoms with Crippen molar-refractivity contribution in [2.75, 3.05) is 5.32 Å². The minimum Gasteiger partial charge on any atom is -0.322 e. The highest BCUT2D eigenvalue weighted by molar-refractivity contribution is 6.13. The number of nitrogens with zero attached hydrogens (tertiary/aromatic N) is 4. The van der Waals surface area contributed by atoms with Gasteiger partial charge in [-0.1, -0.05) is 18.2 Å². The van der Waals surface area contributed by atoms with Gasteiger partial charge in [-0.2, -0.15) is 5.10 Å². The summed E-state index contributed by atoms with van der Waals surface area (Å²) in [5, 5.41) is 8.03. The van der Waals surface area contributed by atoms with Crippen molar-refractivity contribution in [2.24, 2.45) is 0 Å². The molecule has 0 spiro atoms. The van der Waals surface area contributed by atoms with Crippen LogP contribution in [0.2, 0.25) is 0 Å². The number of carbonyl (C=O) groups is 1. The Morgan fingerprint density at radius 1 is 1.15 bits per heavy atom. The third-order valence-corrected chi connectivity index (χ3v) is 4.15. The molecular formula is C20H17N5O. The average molecular weight is 343 g/mol. The average Bonchev–Trinajstić information content (AvgIpc) is 3.17. The van der Waals surface area contributed by atoms with Crippen LogP contribution < -0.4 is 5.32 Å². The Hall–Kier alpha value is -3.54. The first-order chi connectivity index (χ1) is 12.7. The molecule has 6 heteroatoms. The van der Waals surface area contributed by atoms with Gasteiger partial charge in [0.2, 0.25) is 0 Å². The fraction of sp³-hybridized carbons (Fsp3) is 0.100. The van der Waals surface area contributed by atoms with Crippen molar-refractivity contribution in [2.45, 2.75) is 13.5 Å². The second-order valence-corrected chi connectivity index (χ2v) is 5.85. The lowest BCUT2D eigenvalue weighted by atomic mass is 10.0. The van der Waals surface area contributed by atoms with Crippen LogP contribution in [0.25, 0.3) is 22.2 Å². The number of aryl methyl sites for hydroxylation is 1. The predicted octanol–water partition coefficient (Wildman–Crippen LogP) is 3.77. The second kappa shape index (κ2) is 6.76. The fourth-order valence-electron chi connectivity index (χ4n) is 2.81. The molecule has 6 nitrogen and oxygen atoms in total. The summed E-state index contributed by atoms with van der Waals surface area (Å²) in [6.07, 6.45) is 6.99. The van der Waals surface area contributed by atoms with Crippen molar-refractivity contribution >= 4 is 22.5 Å². The molecule has 0 aliphatic rings. The molecule has 0 radical (unpaired) electrons. The summed E-state index contributed by atoms with van der Waals surface area (Å²) in [6.45, 7) is 2.81. The van der Waals surface area contributed by atoms with Gasteiger partial charge in [0.1, 0.15) is 0 Å². The van der Waals surface area contributed by atoms with Crippen LogP contribution in [0.15, 0.2) is 67.3 Å². The molecule has 0 bridgehead atoms. The number of para-hydroxylation sites is 1. The van der Waals surface area contributed by atoms with Gasteiger partial charge in [-0.3, -0.25) is 14.5 Å². The number of benzene rings is 1. The lowest BCUT2D eigenvalue weighted by Gasteiger charge is -2.10. The summed E-state index contributed by atoms with van der Waals surface area (Å²) in [7, 11) is 0. The SMILES string of the molecule is CCn1cc(-c2cc(C(=O)Nc3ccncc3)c3ccccc3n2)cn1. The number of hydrogen-bond acceptors (Lipinski definition) is 4. The van der Waals surface area contributed by atoms with E-state index in [2.05, 4.69) is 15.4 Å². The maximum absolute atomic E-state index is 12.9. The van der Waals surface area contributed by atoms with E-state index in [1.54, 1.807) is 30.7 Å². The number of rotatable bonds is 4. The first-order valence-electron chi connectivity index (χ1n) is 8.38. The van der Waals surface area contributed by atoms with Gasteiger partial charge in [0.05, 0.1) is 23.0 Å². The zero-order valence-electron chi connectivity index (χ0n) is 14.3. The van der Waals surface area contributed by atoms with E-state index in [-0.39, 0.29) is 5.91 Å². The van der Waals surface area contributed by atoms with Crippen molar-refractivity contribution < 1.29 is 4.79 Å². The van der Waals surface area contributed by atoms with Gasteiger partial charge in [0, 0.05) is 41.8 Å². The Balaban J connectivity index is 1.80. The van der Waals surface area contributed by atoms with E-state index in [1.165, 1.54) is 0 Å². The standard InChI is InChI=1S/C20H17N5O/c1-2-25-13-14(12-22-25)19-11-17(16-5-3-4-6-18(16)24-19)20(26)23-15-7-9-21-10-8-15/h3-13H,2H2,1H3,(H,21,23,26). The molecule has 3 aromatic heterocycles. The highest BCUT2D eigenvalue weighted by atomic mass is 16.1. The van der Waals surface area contributed by atoms with Gasteiger partial charge >= 0.3 is 0 Å². The number of hydrogen-bond donors (Lipinski definition) is 1. The summed E-state index contributed by atoms with van der Waals surface area (Å²) >= 11 is 0. The minimum atomic E-state index is -0.182. The smallest absolute Gasteiger partial charge is 0.256 e. The van der Waals surface area contributed by atoms with Crippen molar-refractivity contribution in [3.8, 4) is 11.3 Å². The Morgan fingerprint density at radius 2 is 1.96 bits per heavy atom. The van der Waals surface area contributed by atoms with E-state index in [0.29, 0.717) is 11.3 Å². The molecule has 0 fully saturated rings. The van der Waals surface area contributed by atoms with Gasteiger partial charge in [0.15, 0.2) is 0 Å². The van der Waals surface area contributed by atoms with E-state index in [0.717, 1.165) is 28.7 Å². The van der Waals surface area contributed by atoms with Crippen molar-refractivity contribution in [3.63, 3.8) is 0 Å². The van der Waals surface area contributed by atoms with E-state index >= 15 is 0 Å². The normalized spacial score (nSPS) is 10.8. The van der Waals surface area contributed by atoms with Gasteiger partial charge in [-0.05, 0) is 31.2 Å². The van der Waals surface area contributed by atoms with E-state index in [9.17, 15) is 4.79 Å². The molecule has 26 heavy (non-hydrogen) atoms. The van der Waals surface area contributed by atoms with Crippen molar-refractivity contribution in [1.29, 1.82) is 0 Å². The van der Waals surface area contributed by atoms with E-state index in [4.69, 9.17) is 4.98 Å². The fourth-order valence-corrected chi connectivity index (χ4v) is 2.81. The first kappa shape index (κ1) is 16.0. The van der Waals surface area contributed by atoms with Crippen LogP contribution in [0.5, 0.6) is 0 Å². The number of pyridine rings is 2. The Kier molecular flexibility index (Phi) is 4.15. The zero-order valence-corrected chi connectivity index (χ0v) is 14.3. The summed E-state index contributed by atoms with van der Waals surface area (Å²) in [5.41, 5.74) is 3.66. The van der Waals surface area contributed by atoms with Crippen molar-refractivity contribution in [3.05, 3.63) is 72.8 Å². The summed E-state index contributed by atoms with van der Waals surface area (Å²) in [6, 6.07) is 13.0. The Bertz CT molecular complexity index is 1070. The van der Waals surface area contributed by atoms with Crippen LogP contribution in [-0.2, 0) is 6.54 Å². The highest BCUT2D eigenvalue weighted by Crippen LogP contribution is 2.25. The van der Waals surface area contributed by atoms with Gasteiger partial charge < -0.3 is 5.32 Å². The summed E-state index contributed by atoms with van der Waals surface area (Å²) in [5.74, 6) is -0.182. The van der Waals surface area contributed by atoms with Crippen LogP contribution in [0, 0.1) is 0 Å². The molecule has 1 amide bonds. The molecule has 1 N–H and O–H groups in total. The zero-order chi connectivity index (χ0) is 17.9. The topological polar surface area (TPSA) is 72.7 Å². The maximum atomic E-state index is 12.9. The second-order valence-electron chi connectivity index (χ2n) is 5.85. The molecule has 0 unspecified atom stereocenters.